The summed E-state index contributed by atoms with van der Waals surface area (Å²) in [6.45, 7) is 3.61. The Labute approximate surface area is 139 Å². The van der Waals surface area contributed by atoms with E-state index in [4.69, 9.17) is 4.74 Å². The van der Waals surface area contributed by atoms with E-state index in [0.29, 0.717) is 17.5 Å². The van der Waals surface area contributed by atoms with Crippen LogP contribution in [0.1, 0.15) is 31.4 Å². The van der Waals surface area contributed by atoms with Crippen LogP contribution in [0, 0.1) is 17.6 Å². The number of ether oxygens (including phenoxy) is 1. The van der Waals surface area contributed by atoms with Gasteiger partial charge in [0.05, 0.1) is 12.5 Å². The van der Waals surface area contributed by atoms with Crippen molar-refractivity contribution in [1.82, 2.24) is 0 Å². The molecule has 0 aliphatic carbocycles. The normalized spacial score (nSPS) is 12.7. The molecule has 2 aromatic rings. The third kappa shape index (κ3) is 3.46. The Bertz CT molecular complexity index is 635. The fourth-order valence-electron chi connectivity index (χ4n) is 2.85. The Balaban J connectivity index is 2.61. The second kappa shape index (κ2) is 7.53. The largest absolute Gasteiger partial charge is 0.466 e. The third-order valence-corrected chi connectivity index (χ3v) is 4.05. The van der Waals surface area contributed by atoms with Crippen molar-refractivity contribution in [2.24, 2.45) is 5.92 Å². The van der Waals surface area contributed by atoms with Crippen LogP contribution in [0.3, 0.4) is 0 Å². The topological polar surface area (TPSA) is 46.5 Å². The number of carbonyl (C=O) groups excluding carboxylic acids is 1. The molecule has 24 heavy (non-hydrogen) atoms. The van der Waals surface area contributed by atoms with Gasteiger partial charge in [0.1, 0.15) is 17.2 Å². The standard InChI is InChI=1S/C19H20F2O3/c1-3-17(18(22)24-4-2)19(23,13-5-9-15(20)10-6-13)14-7-11-16(21)12-8-14/h5-12,17,23H,3-4H2,1-2H3. The van der Waals surface area contributed by atoms with Gasteiger partial charge in [-0.15, -0.1) is 0 Å². The molecule has 1 atom stereocenters. The number of benzene rings is 2. The molecule has 0 aliphatic heterocycles. The molecular weight excluding hydrogens is 314 g/mol. The lowest BCUT2D eigenvalue weighted by Gasteiger charge is -2.35. The quantitative estimate of drug-likeness (QED) is 0.818. The number of hydrogen-bond acceptors (Lipinski definition) is 3. The van der Waals surface area contributed by atoms with Gasteiger partial charge in [-0.25, -0.2) is 8.78 Å². The van der Waals surface area contributed by atoms with Crippen LogP contribution in [0.4, 0.5) is 8.78 Å². The van der Waals surface area contributed by atoms with Gasteiger partial charge in [-0.3, -0.25) is 4.79 Å². The summed E-state index contributed by atoms with van der Waals surface area (Å²) in [6.07, 6.45) is 0.296. The second-order valence-electron chi connectivity index (χ2n) is 5.49. The molecule has 1 N–H and O–H groups in total. The van der Waals surface area contributed by atoms with Crippen LogP contribution in [0.5, 0.6) is 0 Å². The number of rotatable bonds is 6. The van der Waals surface area contributed by atoms with E-state index in [1.807, 2.05) is 0 Å². The van der Waals surface area contributed by atoms with Gasteiger partial charge < -0.3 is 9.84 Å². The summed E-state index contributed by atoms with van der Waals surface area (Å²) in [7, 11) is 0. The van der Waals surface area contributed by atoms with E-state index in [2.05, 4.69) is 0 Å². The van der Waals surface area contributed by atoms with E-state index in [1.54, 1.807) is 13.8 Å². The van der Waals surface area contributed by atoms with Crippen molar-refractivity contribution >= 4 is 5.97 Å². The Morgan fingerprint density at radius 3 is 1.75 bits per heavy atom. The highest BCUT2D eigenvalue weighted by molar-refractivity contribution is 5.75. The summed E-state index contributed by atoms with van der Waals surface area (Å²) in [6, 6.07) is 10.5. The lowest BCUT2D eigenvalue weighted by Crippen LogP contribution is -2.41. The molecule has 0 aliphatic rings. The summed E-state index contributed by atoms with van der Waals surface area (Å²) >= 11 is 0. The molecule has 5 heteroatoms. The van der Waals surface area contributed by atoms with E-state index in [0.717, 1.165) is 0 Å². The van der Waals surface area contributed by atoms with E-state index in [9.17, 15) is 18.7 Å². The Morgan fingerprint density at radius 1 is 1.00 bits per heavy atom. The first-order valence-electron chi connectivity index (χ1n) is 7.84. The minimum absolute atomic E-state index is 0.179. The smallest absolute Gasteiger partial charge is 0.312 e. The first-order valence-corrected chi connectivity index (χ1v) is 7.84. The SMILES string of the molecule is CCOC(=O)C(CC)C(O)(c1ccc(F)cc1)c1ccc(F)cc1. The average molecular weight is 334 g/mol. The monoisotopic (exact) mass is 334 g/mol. The maximum atomic E-state index is 13.3. The minimum atomic E-state index is -1.75. The van der Waals surface area contributed by atoms with Gasteiger partial charge in [0.15, 0.2) is 0 Å². The molecule has 1 unspecified atom stereocenters. The van der Waals surface area contributed by atoms with E-state index >= 15 is 0 Å². The van der Waals surface area contributed by atoms with Crippen LogP contribution in [-0.2, 0) is 15.1 Å². The van der Waals surface area contributed by atoms with Crippen molar-refractivity contribution in [1.29, 1.82) is 0 Å². The summed E-state index contributed by atoms with van der Waals surface area (Å²) < 4.78 is 31.6. The highest BCUT2D eigenvalue weighted by atomic mass is 19.1. The van der Waals surface area contributed by atoms with Crippen molar-refractivity contribution in [3.63, 3.8) is 0 Å². The van der Waals surface area contributed by atoms with Crippen molar-refractivity contribution in [2.75, 3.05) is 6.61 Å². The zero-order chi connectivity index (χ0) is 17.7. The maximum absolute atomic E-state index is 13.3. The van der Waals surface area contributed by atoms with Crippen molar-refractivity contribution in [2.45, 2.75) is 25.9 Å². The fraction of sp³-hybridized carbons (Fsp3) is 0.316. The van der Waals surface area contributed by atoms with Gasteiger partial charge >= 0.3 is 5.97 Å². The van der Waals surface area contributed by atoms with Crippen molar-refractivity contribution < 1.29 is 23.4 Å². The van der Waals surface area contributed by atoms with E-state index < -0.39 is 29.1 Å². The summed E-state index contributed by atoms with van der Waals surface area (Å²) in [5, 5.41) is 11.4. The number of carbonyl (C=O) groups is 1. The Kier molecular flexibility index (Phi) is 5.67. The highest BCUT2D eigenvalue weighted by Crippen LogP contribution is 2.39. The number of hydrogen-bond donors (Lipinski definition) is 1. The summed E-state index contributed by atoms with van der Waals surface area (Å²) in [5.74, 6) is -2.38. The zero-order valence-electron chi connectivity index (χ0n) is 13.6. The van der Waals surface area contributed by atoms with Gasteiger partial charge in [-0.1, -0.05) is 31.2 Å². The lowest BCUT2D eigenvalue weighted by atomic mass is 9.75. The van der Waals surface area contributed by atoms with Gasteiger partial charge in [-0.05, 0) is 48.7 Å². The molecule has 0 radical (unpaired) electrons. The second-order valence-corrected chi connectivity index (χ2v) is 5.49. The molecule has 128 valence electrons. The van der Waals surface area contributed by atoms with Gasteiger partial charge in [0.2, 0.25) is 0 Å². The minimum Gasteiger partial charge on any atom is -0.466 e. The predicted octanol–water partition coefficient (Wildman–Crippen LogP) is 3.79. The van der Waals surface area contributed by atoms with Crippen LogP contribution >= 0.6 is 0 Å². The first kappa shape index (κ1) is 18.1. The lowest BCUT2D eigenvalue weighted by molar-refractivity contribution is -0.156. The molecule has 2 aromatic carbocycles. The zero-order valence-corrected chi connectivity index (χ0v) is 13.6. The van der Waals surface area contributed by atoms with Gasteiger partial charge in [0, 0.05) is 0 Å². The summed E-state index contributed by atoms with van der Waals surface area (Å²) in [4.78, 5) is 12.4. The molecule has 0 spiro atoms. The Hall–Kier alpha value is -2.27. The molecule has 0 aromatic heterocycles. The van der Waals surface area contributed by atoms with E-state index in [1.165, 1.54) is 48.5 Å². The van der Waals surface area contributed by atoms with Crippen molar-refractivity contribution in [3.05, 3.63) is 71.3 Å². The fourth-order valence-corrected chi connectivity index (χ4v) is 2.85. The van der Waals surface area contributed by atoms with Crippen LogP contribution in [-0.4, -0.2) is 17.7 Å². The maximum Gasteiger partial charge on any atom is 0.312 e. The van der Waals surface area contributed by atoms with Crippen molar-refractivity contribution in [3.8, 4) is 0 Å². The molecule has 0 bridgehead atoms. The van der Waals surface area contributed by atoms with Crippen LogP contribution in [0.2, 0.25) is 0 Å². The van der Waals surface area contributed by atoms with Gasteiger partial charge in [-0.2, -0.15) is 0 Å². The van der Waals surface area contributed by atoms with Crippen LogP contribution < -0.4 is 0 Å². The molecule has 0 fully saturated rings. The van der Waals surface area contributed by atoms with Crippen LogP contribution in [0.15, 0.2) is 48.5 Å². The number of aliphatic hydroxyl groups is 1. The van der Waals surface area contributed by atoms with Gasteiger partial charge in [0.25, 0.3) is 0 Å². The molecule has 0 saturated heterocycles. The first-order chi connectivity index (χ1) is 11.4. The summed E-state index contributed by atoms with van der Waals surface area (Å²) in [5.41, 5.74) is -1.06. The molecule has 0 heterocycles. The van der Waals surface area contributed by atoms with Crippen LogP contribution in [0.25, 0.3) is 0 Å². The Morgan fingerprint density at radius 2 is 1.42 bits per heavy atom. The number of halogens is 2. The van der Waals surface area contributed by atoms with E-state index in [-0.39, 0.29) is 6.61 Å². The highest BCUT2D eigenvalue weighted by Gasteiger charge is 2.44. The average Bonchev–Trinajstić information content (AvgIpc) is 2.56. The molecule has 0 saturated carbocycles. The molecule has 2 rings (SSSR count). The molecule has 0 amide bonds. The molecular formula is C19H20F2O3. The third-order valence-electron chi connectivity index (χ3n) is 4.05. The molecule has 3 nitrogen and oxygen atoms in total. The number of esters is 1. The predicted molar refractivity (Wildman–Crippen MR) is 86.2 cm³/mol.